The van der Waals surface area contributed by atoms with E-state index in [-0.39, 0.29) is 24.5 Å². The number of hydrogen-bond donors (Lipinski definition) is 2. The third kappa shape index (κ3) is 4.94. The quantitative estimate of drug-likeness (QED) is 0.604. The maximum absolute atomic E-state index is 12.4. The monoisotopic (exact) mass is 384 g/mol. The minimum atomic E-state index is -0.0973. The summed E-state index contributed by atoms with van der Waals surface area (Å²) in [5.41, 5.74) is 2.13. The van der Waals surface area contributed by atoms with Crippen LogP contribution in [0.3, 0.4) is 0 Å². The summed E-state index contributed by atoms with van der Waals surface area (Å²) in [7, 11) is 0. The van der Waals surface area contributed by atoms with E-state index in [1.165, 1.54) is 4.88 Å². The van der Waals surface area contributed by atoms with E-state index in [0.717, 1.165) is 11.1 Å². The molecule has 26 heavy (non-hydrogen) atoms. The van der Waals surface area contributed by atoms with E-state index in [2.05, 4.69) is 28.8 Å². The van der Waals surface area contributed by atoms with Gasteiger partial charge in [0.25, 0.3) is 0 Å². The molecule has 5 heteroatoms. The minimum absolute atomic E-state index is 0.00317. The third-order valence-corrected chi connectivity index (χ3v) is 5.33. The van der Waals surface area contributed by atoms with Crippen LogP contribution in [0.5, 0.6) is 0 Å². The summed E-state index contributed by atoms with van der Waals surface area (Å²) in [6, 6.07) is 21.7. The van der Waals surface area contributed by atoms with E-state index < -0.39 is 0 Å². The Morgan fingerprint density at radius 1 is 1.04 bits per heavy atom. The molecular formula is C21H21ClN2OS. The van der Waals surface area contributed by atoms with Gasteiger partial charge >= 0.3 is 0 Å². The molecule has 3 aromatic rings. The molecular weight excluding hydrogens is 364 g/mol. The summed E-state index contributed by atoms with van der Waals surface area (Å²) >= 11 is 7.71. The predicted octanol–water partition coefficient (Wildman–Crippen LogP) is 4.96. The van der Waals surface area contributed by atoms with Crippen molar-refractivity contribution >= 4 is 28.8 Å². The van der Waals surface area contributed by atoms with Crippen molar-refractivity contribution in [3.05, 3.63) is 93.1 Å². The Labute approximate surface area is 163 Å². The van der Waals surface area contributed by atoms with Crippen molar-refractivity contribution in [3.63, 3.8) is 0 Å². The van der Waals surface area contributed by atoms with E-state index in [9.17, 15) is 4.79 Å². The number of thiophene rings is 1. The Morgan fingerprint density at radius 3 is 2.50 bits per heavy atom. The normalized spacial score (nSPS) is 13.2. The second-order valence-electron chi connectivity index (χ2n) is 6.08. The highest BCUT2D eigenvalue weighted by molar-refractivity contribution is 7.10. The van der Waals surface area contributed by atoms with E-state index in [0.29, 0.717) is 5.02 Å². The zero-order valence-electron chi connectivity index (χ0n) is 14.5. The molecule has 2 atom stereocenters. The summed E-state index contributed by atoms with van der Waals surface area (Å²) in [6.07, 6.45) is 0. The molecule has 0 spiro atoms. The lowest BCUT2D eigenvalue weighted by atomic mass is 10.1. The fraction of sp³-hybridized carbons (Fsp3) is 0.190. The number of amides is 1. The zero-order valence-corrected chi connectivity index (χ0v) is 16.1. The number of carbonyl (C=O) groups excluding carboxylic acids is 1. The molecule has 1 heterocycles. The van der Waals surface area contributed by atoms with Gasteiger partial charge in [-0.15, -0.1) is 11.3 Å². The molecule has 1 amide bonds. The van der Waals surface area contributed by atoms with Crippen LogP contribution >= 0.6 is 22.9 Å². The standard InChI is InChI=1S/C21H21ClN2OS/c1-15(17-9-5-10-18(22)13-17)24-20(25)14-23-21(19-11-6-12-26-19)16-7-3-2-4-8-16/h2-13,15,21,23H,14H2,1H3,(H,24,25)/t15-,21-/m0/s1. The Balaban J connectivity index is 1.63. The van der Waals surface area contributed by atoms with Crippen LogP contribution in [-0.2, 0) is 4.79 Å². The fourth-order valence-corrected chi connectivity index (χ4v) is 3.86. The Kier molecular flexibility index (Phi) is 6.45. The van der Waals surface area contributed by atoms with Crippen LogP contribution in [-0.4, -0.2) is 12.5 Å². The van der Waals surface area contributed by atoms with Gasteiger partial charge in [0.2, 0.25) is 5.91 Å². The summed E-state index contributed by atoms with van der Waals surface area (Å²) in [6.45, 7) is 2.19. The lowest BCUT2D eigenvalue weighted by Crippen LogP contribution is -2.37. The van der Waals surface area contributed by atoms with E-state index in [1.54, 1.807) is 11.3 Å². The van der Waals surface area contributed by atoms with E-state index >= 15 is 0 Å². The van der Waals surface area contributed by atoms with Gasteiger partial charge < -0.3 is 5.32 Å². The molecule has 0 unspecified atom stereocenters. The Hall–Kier alpha value is -2.14. The summed E-state index contributed by atoms with van der Waals surface area (Å²) in [4.78, 5) is 13.6. The lowest BCUT2D eigenvalue weighted by Gasteiger charge is -2.19. The average molecular weight is 385 g/mol. The highest BCUT2D eigenvalue weighted by Crippen LogP contribution is 2.25. The average Bonchev–Trinajstić information content (AvgIpc) is 3.17. The van der Waals surface area contributed by atoms with Crippen molar-refractivity contribution in [3.8, 4) is 0 Å². The molecule has 0 aliphatic carbocycles. The van der Waals surface area contributed by atoms with Gasteiger partial charge in [0.05, 0.1) is 18.6 Å². The fourth-order valence-electron chi connectivity index (χ4n) is 2.83. The van der Waals surface area contributed by atoms with Gasteiger partial charge in [0, 0.05) is 9.90 Å². The molecule has 0 saturated heterocycles. The smallest absolute Gasteiger partial charge is 0.234 e. The number of rotatable bonds is 7. The number of carbonyl (C=O) groups is 1. The molecule has 2 N–H and O–H groups in total. The van der Waals surface area contributed by atoms with Crippen LogP contribution < -0.4 is 10.6 Å². The molecule has 0 saturated carbocycles. The molecule has 3 nitrogen and oxygen atoms in total. The van der Waals surface area contributed by atoms with Crippen LogP contribution in [0.25, 0.3) is 0 Å². The number of halogens is 1. The van der Waals surface area contributed by atoms with Gasteiger partial charge in [0.15, 0.2) is 0 Å². The van der Waals surface area contributed by atoms with Crippen LogP contribution in [0.4, 0.5) is 0 Å². The molecule has 134 valence electrons. The maximum atomic E-state index is 12.4. The molecule has 0 bridgehead atoms. The van der Waals surface area contributed by atoms with Crippen molar-refractivity contribution in [2.45, 2.75) is 19.0 Å². The summed E-state index contributed by atoms with van der Waals surface area (Å²) in [5, 5.41) is 9.12. The van der Waals surface area contributed by atoms with Gasteiger partial charge in [-0.05, 0) is 41.6 Å². The summed E-state index contributed by atoms with van der Waals surface area (Å²) in [5.74, 6) is -0.0463. The Bertz CT molecular complexity index is 836. The molecule has 0 aliphatic heterocycles. The molecule has 0 fully saturated rings. The van der Waals surface area contributed by atoms with Crippen molar-refractivity contribution in [2.75, 3.05) is 6.54 Å². The third-order valence-electron chi connectivity index (χ3n) is 4.15. The van der Waals surface area contributed by atoms with Gasteiger partial charge in [0.1, 0.15) is 0 Å². The molecule has 0 aliphatic rings. The van der Waals surface area contributed by atoms with Crippen LogP contribution in [0.1, 0.15) is 35.0 Å². The van der Waals surface area contributed by atoms with Crippen LogP contribution in [0, 0.1) is 0 Å². The first-order chi connectivity index (χ1) is 12.6. The number of nitrogens with one attached hydrogen (secondary N) is 2. The SMILES string of the molecule is C[C@H](NC(=O)CN[C@@H](c1ccccc1)c1cccs1)c1cccc(Cl)c1. The van der Waals surface area contributed by atoms with Gasteiger partial charge in [-0.25, -0.2) is 0 Å². The van der Waals surface area contributed by atoms with E-state index in [4.69, 9.17) is 11.6 Å². The topological polar surface area (TPSA) is 41.1 Å². The molecule has 2 aromatic carbocycles. The van der Waals surface area contributed by atoms with Crippen molar-refractivity contribution < 1.29 is 4.79 Å². The number of benzene rings is 2. The minimum Gasteiger partial charge on any atom is -0.348 e. The number of hydrogen-bond acceptors (Lipinski definition) is 3. The van der Waals surface area contributed by atoms with Gasteiger partial charge in [-0.3, -0.25) is 10.1 Å². The second-order valence-corrected chi connectivity index (χ2v) is 7.50. The van der Waals surface area contributed by atoms with Crippen molar-refractivity contribution in [1.29, 1.82) is 0 Å². The molecule has 0 radical (unpaired) electrons. The Morgan fingerprint density at radius 2 is 1.81 bits per heavy atom. The van der Waals surface area contributed by atoms with Crippen molar-refractivity contribution in [1.82, 2.24) is 10.6 Å². The van der Waals surface area contributed by atoms with E-state index in [1.807, 2.05) is 60.8 Å². The first kappa shape index (κ1) is 18.6. The van der Waals surface area contributed by atoms with Gasteiger partial charge in [-0.1, -0.05) is 60.1 Å². The zero-order chi connectivity index (χ0) is 18.4. The molecule has 1 aromatic heterocycles. The molecule has 3 rings (SSSR count). The maximum Gasteiger partial charge on any atom is 0.234 e. The highest BCUT2D eigenvalue weighted by atomic mass is 35.5. The van der Waals surface area contributed by atoms with Crippen LogP contribution in [0.2, 0.25) is 5.02 Å². The summed E-state index contributed by atoms with van der Waals surface area (Å²) < 4.78 is 0. The first-order valence-corrected chi connectivity index (χ1v) is 9.76. The first-order valence-electron chi connectivity index (χ1n) is 8.50. The van der Waals surface area contributed by atoms with Gasteiger partial charge in [-0.2, -0.15) is 0 Å². The second kappa shape index (κ2) is 8.99. The van der Waals surface area contributed by atoms with Crippen molar-refractivity contribution in [2.24, 2.45) is 0 Å². The van der Waals surface area contributed by atoms with Crippen LogP contribution in [0.15, 0.2) is 72.1 Å². The lowest BCUT2D eigenvalue weighted by molar-refractivity contribution is -0.121. The predicted molar refractivity (Wildman–Crippen MR) is 109 cm³/mol. The largest absolute Gasteiger partial charge is 0.348 e. The highest BCUT2D eigenvalue weighted by Gasteiger charge is 2.17.